The van der Waals surface area contributed by atoms with E-state index in [0.29, 0.717) is 17.3 Å². The number of nitrogens with one attached hydrogen (secondary N) is 1. The topological polar surface area (TPSA) is 98.7 Å². The highest BCUT2D eigenvalue weighted by Crippen LogP contribution is 2.09. The Bertz CT molecular complexity index is 562. The van der Waals surface area contributed by atoms with Gasteiger partial charge in [-0.15, -0.1) is 0 Å². The zero-order valence-electron chi connectivity index (χ0n) is 9.51. The van der Waals surface area contributed by atoms with Crippen molar-refractivity contribution in [1.82, 2.24) is 19.7 Å². The van der Waals surface area contributed by atoms with Gasteiger partial charge in [-0.25, -0.2) is 9.67 Å². The minimum atomic E-state index is -0.518. The lowest BCUT2D eigenvalue weighted by Crippen LogP contribution is -2.09. The number of aromatic nitrogens is 4. The maximum absolute atomic E-state index is 11.0. The molecule has 0 aliphatic carbocycles. The van der Waals surface area contributed by atoms with Gasteiger partial charge in [-0.2, -0.15) is 10.1 Å². The van der Waals surface area contributed by atoms with Crippen molar-refractivity contribution in [2.45, 2.75) is 6.92 Å². The van der Waals surface area contributed by atoms with Crippen LogP contribution in [0, 0.1) is 6.92 Å². The van der Waals surface area contributed by atoms with Crippen LogP contribution in [0.15, 0.2) is 18.5 Å². The Morgan fingerprint density at radius 3 is 2.82 bits per heavy atom. The highest BCUT2D eigenvalue weighted by atomic mass is 16.1. The van der Waals surface area contributed by atoms with Crippen molar-refractivity contribution in [2.24, 2.45) is 5.73 Å². The molecule has 2 aromatic heterocycles. The maximum atomic E-state index is 11.0. The summed E-state index contributed by atoms with van der Waals surface area (Å²) in [5.74, 6) is 0.557. The summed E-state index contributed by atoms with van der Waals surface area (Å²) in [5.41, 5.74) is 6.30. The molecule has 0 aliphatic heterocycles. The summed E-state index contributed by atoms with van der Waals surface area (Å²) in [7, 11) is 1.73. The van der Waals surface area contributed by atoms with Gasteiger partial charge in [0.2, 0.25) is 5.95 Å². The fourth-order valence-electron chi connectivity index (χ4n) is 1.36. The van der Waals surface area contributed by atoms with Gasteiger partial charge in [0.05, 0.1) is 11.8 Å². The monoisotopic (exact) mass is 232 g/mol. The summed E-state index contributed by atoms with van der Waals surface area (Å²) < 4.78 is 1.48. The molecule has 0 bridgehead atoms. The van der Waals surface area contributed by atoms with E-state index in [1.807, 2.05) is 6.92 Å². The molecule has 17 heavy (non-hydrogen) atoms. The first-order valence-electron chi connectivity index (χ1n) is 4.98. The second-order valence-corrected chi connectivity index (χ2v) is 3.48. The number of anilines is 1. The van der Waals surface area contributed by atoms with Crippen molar-refractivity contribution < 1.29 is 4.79 Å². The number of rotatable bonds is 3. The number of hydrogen-bond acceptors (Lipinski definition) is 5. The summed E-state index contributed by atoms with van der Waals surface area (Å²) in [6, 6.07) is 1.76. The molecule has 1 amide bonds. The van der Waals surface area contributed by atoms with Crippen molar-refractivity contribution >= 4 is 11.9 Å². The quantitative estimate of drug-likeness (QED) is 0.782. The number of nitrogens with two attached hydrogens (primary N) is 1. The Morgan fingerprint density at radius 1 is 1.47 bits per heavy atom. The van der Waals surface area contributed by atoms with Crippen LogP contribution in [0.3, 0.4) is 0 Å². The third-order valence-electron chi connectivity index (χ3n) is 2.17. The molecule has 2 rings (SSSR count). The molecule has 2 heterocycles. The van der Waals surface area contributed by atoms with E-state index in [4.69, 9.17) is 5.73 Å². The summed E-state index contributed by atoms with van der Waals surface area (Å²) in [6.07, 6.45) is 2.93. The highest BCUT2D eigenvalue weighted by molar-refractivity contribution is 5.92. The van der Waals surface area contributed by atoms with Crippen LogP contribution in [0.25, 0.3) is 5.82 Å². The van der Waals surface area contributed by atoms with Crippen molar-refractivity contribution in [3.63, 3.8) is 0 Å². The van der Waals surface area contributed by atoms with Crippen LogP contribution >= 0.6 is 0 Å². The molecule has 0 aliphatic rings. The Morgan fingerprint density at radius 2 is 2.24 bits per heavy atom. The molecular formula is C10H12N6O. The number of nitrogens with zero attached hydrogens (tertiary/aromatic N) is 4. The second-order valence-electron chi connectivity index (χ2n) is 3.48. The molecule has 2 aromatic rings. The lowest BCUT2D eigenvalue weighted by atomic mass is 10.3. The van der Waals surface area contributed by atoms with Gasteiger partial charge in [0.1, 0.15) is 0 Å². The van der Waals surface area contributed by atoms with Gasteiger partial charge in [0, 0.05) is 25.0 Å². The molecule has 7 heteroatoms. The minimum Gasteiger partial charge on any atom is -0.366 e. The van der Waals surface area contributed by atoms with Gasteiger partial charge in [0.15, 0.2) is 5.82 Å². The van der Waals surface area contributed by atoms with Gasteiger partial charge < -0.3 is 11.1 Å². The van der Waals surface area contributed by atoms with Crippen LogP contribution in [0.2, 0.25) is 0 Å². The van der Waals surface area contributed by atoms with Crippen LogP contribution in [0.1, 0.15) is 16.1 Å². The van der Waals surface area contributed by atoms with Crippen LogP contribution in [-0.2, 0) is 0 Å². The molecular weight excluding hydrogens is 220 g/mol. The minimum absolute atomic E-state index is 0.340. The first-order chi connectivity index (χ1) is 8.10. The molecule has 88 valence electrons. The number of aryl methyl sites for hydroxylation is 1. The van der Waals surface area contributed by atoms with Gasteiger partial charge in [-0.05, 0) is 6.92 Å². The molecule has 0 spiro atoms. The summed E-state index contributed by atoms with van der Waals surface area (Å²) in [6.45, 7) is 1.85. The van der Waals surface area contributed by atoms with E-state index in [9.17, 15) is 4.79 Å². The van der Waals surface area contributed by atoms with E-state index in [0.717, 1.165) is 5.69 Å². The van der Waals surface area contributed by atoms with E-state index in [1.54, 1.807) is 13.1 Å². The van der Waals surface area contributed by atoms with Crippen LogP contribution < -0.4 is 11.1 Å². The Labute approximate surface area is 97.7 Å². The average Bonchev–Trinajstić information content (AvgIpc) is 2.77. The number of hydrogen-bond donors (Lipinski definition) is 2. The fourth-order valence-corrected chi connectivity index (χ4v) is 1.36. The molecule has 3 N–H and O–H groups in total. The highest BCUT2D eigenvalue weighted by Gasteiger charge is 2.08. The molecule has 0 fully saturated rings. The molecule has 0 radical (unpaired) electrons. The number of carbonyl (C=O) groups excluding carboxylic acids is 1. The first kappa shape index (κ1) is 11.1. The lowest BCUT2D eigenvalue weighted by molar-refractivity contribution is 0.100. The molecule has 0 atom stereocenters. The largest absolute Gasteiger partial charge is 0.366 e. The molecule has 0 unspecified atom stereocenters. The van der Waals surface area contributed by atoms with Gasteiger partial charge >= 0.3 is 0 Å². The van der Waals surface area contributed by atoms with Gasteiger partial charge in [-0.1, -0.05) is 0 Å². The van der Waals surface area contributed by atoms with Crippen molar-refractivity contribution in [3.8, 4) is 5.82 Å². The van der Waals surface area contributed by atoms with E-state index in [-0.39, 0.29) is 0 Å². The first-order valence-corrected chi connectivity index (χ1v) is 4.98. The predicted molar refractivity (Wildman–Crippen MR) is 62.0 cm³/mol. The number of amides is 1. The standard InChI is InChI=1S/C10H12N6O/c1-6-3-8(15-10(12-2)14-6)16-5-7(4-13-16)9(11)17/h3-5H,1-2H3,(H2,11,17)(H,12,14,15). The Kier molecular flexibility index (Phi) is 2.73. The van der Waals surface area contributed by atoms with E-state index >= 15 is 0 Å². The third-order valence-corrected chi connectivity index (χ3v) is 2.17. The maximum Gasteiger partial charge on any atom is 0.251 e. The lowest BCUT2D eigenvalue weighted by Gasteiger charge is -2.04. The van der Waals surface area contributed by atoms with E-state index < -0.39 is 5.91 Å². The van der Waals surface area contributed by atoms with Crippen LogP contribution in [-0.4, -0.2) is 32.7 Å². The number of carbonyl (C=O) groups is 1. The molecule has 0 saturated heterocycles. The smallest absolute Gasteiger partial charge is 0.251 e. The second kappa shape index (κ2) is 4.20. The fraction of sp³-hybridized carbons (Fsp3) is 0.200. The number of primary amides is 1. The van der Waals surface area contributed by atoms with Crippen molar-refractivity contribution in [2.75, 3.05) is 12.4 Å². The van der Waals surface area contributed by atoms with Crippen LogP contribution in [0.5, 0.6) is 0 Å². The SMILES string of the molecule is CNc1nc(C)cc(-n2cc(C(N)=O)cn2)n1. The van der Waals surface area contributed by atoms with Crippen molar-refractivity contribution in [3.05, 3.63) is 29.7 Å². The normalized spacial score (nSPS) is 10.2. The predicted octanol–water partition coefficient (Wildman–Crippen LogP) is 0.111. The molecule has 0 aromatic carbocycles. The summed E-state index contributed by atoms with van der Waals surface area (Å²) in [4.78, 5) is 19.3. The van der Waals surface area contributed by atoms with Gasteiger partial charge in [-0.3, -0.25) is 4.79 Å². The summed E-state index contributed by atoms with van der Waals surface area (Å²) >= 11 is 0. The summed E-state index contributed by atoms with van der Waals surface area (Å²) in [5, 5.41) is 6.87. The average molecular weight is 232 g/mol. The Hall–Kier alpha value is -2.44. The zero-order chi connectivity index (χ0) is 12.4. The molecule has 7 nitrogen and oxygen atoms in total. The van der Waals surface area contributed by atoms with E-state index in [1.165, 1.54) is 17.1 Å². The van der Waals surface area contributed by atoms with Crippen molar-refractivity contribution in [1.29, 1.82) is 0 Å². The Balaban J connectivity index is 2.44. The van der Waals surface area contributed by atoms with Gasteiger partial charge in [0.25, 0.3) is 5.91 Å². The van der Waals surface area contributed by atoms with E-state index in [2.05, 4.69) is 20.4 Å². The zero-order valence-corrected chi connectivity index (χ0v) is 9.51. The van der Waals surface area contributed by atoms with Crippen LogP contribution in [0.4, 0.5) is 5.95 Å². The molecule has 0 saturated carbocycles. The third kappa shape index (κ3) is 2.22.